The van der Waals surface area contributed by atoms with Gasteiger partial charge in [0.1, 0.15) is 22.7 Å². The van der Waals surface area contributed by atoms with Gasteiger partial charge >= 0.3 is 0 Å². The minimum Gasteiger partial charge on any atom is -0.457 e. The lowest BCUT2D eigenvalue weighted by molar-refractivity contribution is 0.431. The molecule has 63 heavy (non-hydrogen) atoms. The summed E-state index contributed by atoms with van der Waals surface area (Å²) in [5.41, 5.74) is -15.3. The summed E-state index contributed by atoms with van der Waals surface area (Å²) in [5.74, 6) is -1.85. The zero-order chi connectivity index (χ0) is 73.7. The molecule has 3 nitrogen and oxygen atoms in total. The molecule has 11 aromatic rings. The summed E-state index contributed by atoms with van der Waals surface area (Å²) in [7, 11) is 0. The summed E-state index contributed by atoms with van der Waals surface area (Å²) < 4.78 is 355. The number of ether oxygens (including phenoxy) is 1. The van der Waals surface area contributed by atoms with E-state index in [1.54, 1.807) is 0 Å². The summed E-state index contributed by atoms with van der Waals surface area (Å²) in [5, 5.41) is -2.47. The van der Waals surface area contributed by atoms with Crippen molar-refractivity contribution >= 4 is 61.5 Å². The molecule has 4 heteroatoms. The molecular formula is C59H37NO2S. The molecular weight excluding hydrogens is 787 g/mol. The maximum atomic E-state index is 10.1. The van der Waals surface area contributed by atoms with Crippen LogP contribution < -0.4 is 9.64 Å². The molecule has 0 atom stereocenters. The average molecular weight is 861 g/mol. The second-order valence-electron chi connectivity index (χ2n) is 13.5. The highest BCUT2D eigenvalue weighted by Crippen LogP contribution is 2.62. The first kappa shape index (κ1) is 14.9. The minimum atomic E-state index is -3.13. The van der Waals surface area contributed by atoms with Crippen molar-refractivity contribution in [2.45, 2.75) is 15.2 Å². The highest BCUT2D eigenvalue weighted by Gasteiger charge is 2.49. The van der Waals surface area contributed by atoms with Crippen LogP contribution in [0.3, 0.4) is 0 Å². The monoisotopic (exact) mass is 860 g/mol. The summed E-state index contributed by atoms with van der Waals surface area (Å²) in [6.07, 6.45) is 0. The molecule has 0 saturated carbocycles. The van der Waals surface area contributed by atoms with Crippen LogP contribution in [0.15, 0.2) is 238 Å². The van der Waals surface area contributed by atoms with Crippen molar-refractivity contribution in [3.05, 3.63) is 246 Å². The van der Waals surface area contributed by atoms with Gasteiger partial charge in [-0.25, -0.2) is 0 Å². The Morgan fingerprint density at radius 2 is 1.02 bits per heavy atom. The molecule has 0 aliphatic carbocycles. The van der Waals surface area contributed by atoms with Crippen molar-refractivity contribution in [1.29, 1.82) is 0 Å². The van der Waals surface area contributed by atoms with Crippen LogP contribution in [0.2, 0.25) is 0 Å². The van der Waals surface area contributed by atoms with Gasteiger partial charge in [-0.1, -0.05) is 163 Å². The average Bonchev–Trinajstić information content (AvgIpc) is 0.768. The smallest absolute Gasteiger partial charge is 0.143 e. The van der Waals surface area contributed by atoms with Crippen LogP contribution in [0, 0.1) is 0 Å². The molecule has 296 valence electrons. The van der Waals surface area contributed by atoms with E-state index < -0.39 is 345 Å². The zero-order valence-corrected chi connectivity index (χ0v) is 32.0. The molecule has 1 aromatic heterocycles. The Labute approximate surface area is 421 Å². The number of anilines is 3. The van der Waals surface area contributed by atoms with Crippen LogP contribution in [0.25, 0.3) is 55.0 Å². The number of hydrogen-bond acceptors (Lipinski definition) is 4. The summed E-state index contributed by atoms with van der Waals surface area (Å²) in [4.78, 5) is -1.10. The number of fused-ring (bicyclic) bond motifs is 13. The minimum absolute atomic E-state index is 0.254. The van der Waals surface area contributed by atoms with Crippen molar-refractivity contribution < 1.29 is 59.9 Å². The van der Waals surface area contributed by atoms with Gasteiger partial charge < -0.3 is 14.1 Å². The highest BCUT2D eigenvalue weighted by atomic mass is 32.2. The van der Waals surface area contributed by atoms with E-state index in [9.17, 15) is 30.2 Å². The van der Waals surface area contributed by atoms with Gasteiger partial charge in [-0.05, 0) is 111 Å². The van der Waals surface area contributed by atoms with E-state index in [2.05, 4.69) is 0 Å². The van der Waals surface area contributed by atoms with Gasteiger partial charge in [-0.15, -0.1) is 0 Å². The topological polar surface area (TPSA) is 25.6 Å². The van der Waals surface area contributed by atoms with Gasteiger partial charge in [0.25, 0.3) is 0 Å². The molecule has 0 unspecified atom stereocenters. The number of furan rings is 1. The number of rotatable bonds is 5. The van der Waals surface area contributed by atoms with Gasteiger partial charge in [-0.3, -0.25) is 0 Å². The molecule has 0 amide bonds. The van der Waals surface area contributed by atoms with Gasteiger partial charge in [0.15, 0.2) is 0 Å². The normalized spacial score (nSPS) is 21.5. The molecule has 0 radical (unpaired) electrons. The van der Waals surface area contributed by atoms with Crippen molar-refractivity contribution in [2.75, 3.05) is 4.90 Å². The molecule has 0 bridgehead atoms. The van der Waals surface area contributed by atoms with Crippen molar-refractivity contribution in [3.8, 4) is 33.8 Å². The highest BCUT2D eigenvalue weighted by molar-refractivity contribution is 7.99. The molecule has 0 saturated heterocycles. The van der Waals surface area contributed by atoms with Crippen molar-refractivity contribution in [3.63, 3.8) is 0 Å². The fraction of sp³-hybridized carbons (Fsp3) is 0.0169. The summed E-state index contributed by atoms with van der Waals surface area (Å²) in [6, 6.07) is -40.5. The zero-order valence-electron chi connectivity index (χ0n) is 68.2. The van der Waals surface area contributed by atoms with Crippen molar-refractivity contribution in [2.24, 2.45) is 0 Å². The van der Waals surface area contributed by atoms with Gasteiger partial charge in [-0.2, -0.15) is 0 Å². The van der Waals surface area contributed by atoms with Crippen LogP contribution in [-0.4, -0.2) is 0 Å². The third-order valence-electron chi connectivity index (χ3n) is 10.3. The molecule has 2 aliphatic heterocycles. The Bertz CT molecular complexity index is 5600. The van der Waals surface area contributed by atoms with E-state index in [4.69, 9.17) is 29.7 Å². The second kappa shape index (κ2) is 14.1. The summed E-state index contributed by atoms with van der Waals surface area (Å²) in [6.45, 7) is 0. The van der Waals surface area contributed by atoms with E-state index in [0.29, 0.717) is 0 Å². The van der Waals surface area contributed by atoms with Crippen LogP contribution in [0.5, 0.6) is 11.5 Å². The van der Waals surface area contributed by atoms with Crippen LogP contribution in [0.1, 0.15) is 73.0 Å². The predicted molar refractivity (Wildman–Crippen MR) is 259 cm³/mol. The van der Waals surface area contributed by atoms with E-state index >= 15 is 0 Å². The Morgan fingerprint density at radius 1 is 0.429 bits per heavy atom. The third-order valence-corrected chi connectivity index (χ3v) is 11.4. The largest absolute Gasteiger partial charge is 0.457 e. The molecule has 13 rings (SSSR count). The van der Waals surface area contributed by atoms with Crippen molar-refractivity contribution in [1.82, 2.24) is 0 Å². The lowest BCUT2D eigenvalue weighted by Crippen LogP contribution is -2.36. The van der Waals surface area contributed by atoms with Crippen LogP contribution in [0.4, 0.5) is 17.1 Å². The first-order valence-electron chi connectivity index (χ1n) is 36.9. The predicted octanol–water partition coefficient (Wildman–Crippen LogP) is 16.5. The Kier molecular flexibility index (Phi) is 3.35. The SMILES string of the molecule is [2H]c1c([2H])c([2H])c(-c2c([2H])c([2H])c(N(c3c([2H])c([2H])c(-c4c([2H])c([2H])c([2H])c5c4Sc4c([2H])c([2H])c([2H])c([2H])c4C54c5c([2H])c([2H])c([2H])c([2H])c5Oc5c([2H])c([2H])c([2H])c([2H])c54)c([2H])c3[2H])c3c([2H])c([2H])c4c(c3[2H])c([2H])c([2H])c3c4oc4c([2H])c([2H])c([2H])c([2H])c43)c([2H])c2[2H])c([2H])c1[2H]. The Hall–Kier alpha value is -7.79. The second-order valence-corrected chi connectivity index (χ2v) is 14.6. The van der Waals surface area contributed by atoms with E-state index in [1.807, 2.05) is 0 Å². The molecule has 10 aromatic carbocycles. The lowest BCUT2D eigenvalue weighted by Gasteiger charge is -2.45. The standard InChI is InChI=1S/C59H37NO2S/c1-2-13-38(14-3-1)39-25-30-42(31-26-39)60(44-34-36-45-41(37-44)29-35-48-47-15-4-8-21-53(47)62-57(45)48)43-32-27-40(28-33-43)46-16-12-20-52-58(46)63-56-24-11-7-19-51(56)59(52)49-17-5-9-22-54(49)61-55-23-10-6-18-50(55)59/h1-37H/i1D,2D,3D,4D,5D,6D,7D,8D,9D,10D,11D,12D,13D,14D,15D,16D,17D,18D,19D,20D,21D,22D,23D,24D,25D,26D,27D,28D,29D,30D,31D,32D,33D,34D,35D,36D,37D. The fourth-order valence-electron chi connectivity index (χ4n) is 7.62. The van der Waals surface area contributed by atoms with E-state index in [-0.39, 0.29) is 16.7 Å². The molecule has 0 N–H and O–H groups in total. The van der Waals surface area contributed by atoms with Gasteiger partial charge in [0, 0.05) is 54.1 Å². The van der Waals surface area contributed by atoms with E-state index in [1.165, 1.54) is 0 Å². The quantitative estimate of drug-likeness (QED) is 0.172. The summed E-state index contributed by atoms with van der Waals surface area (Å²) >= 11 is 0.254. The molecule has 3 heterocycles. The first-order valence-corrected chi connectivity index (χ1v) is 19.2. The van der Waals surface area contributed by atoms with E-state index in [0.717, 1.165) is 0 Å². The van der Waals surface area contributed by atoms with Crippen LogP contribution in [-0.2, 0) is 5.41 Å². The first-order chi connectivity index (χ1) is 46.6. The Balaban J connectivity index is 1.21. The fourth-order valence-corrected chi connectivity index (χ4v) is 8.80. The molecule has 2 aliphatic rings. The number of hydrogen-bond donors (Lipinski definition) is 0. The number of benzene rings is 10. The van der Waals surface area contributed by atoms with Gasteiger partial charge in [0.05, 0.1) is 56.1 Å². The molecule has 0 fully saturated rings. The third kappa shape index (κ3) is 5.48. The maximum Gasteiger partial charge on any atom is 0.143 e. The number of para-hydroxylation sites is 3. The Morgan fingerprint density at radius 3 is 1.78 bits per heavy atom. The van der Waals surface area contributed by atoms with Crippen LogP contribution >= 0.6 is 11.8 Å². The lowest BCUT2D eigenvalue weighted by atomic mass is 9.63. The van der Waals surface area contributed by atoms with Gasteiger partial charge in [0.2, 0.25) is 0 Å². The maximum absolute atomic E-state index is 10.1. The number of nitrogens with zero attached hydrogens (tertiary/aromatic N) is 1. The molecule has 1 spiro atoms.